The van der Waals surface area contributed by atoms with Crippen molar-refractivity contribution in [1.29, 1.82) is 0 Å². The maximum Gasteiger partial charge on any atom is 0.0373 e. The van der Waals surface area contributed by atoms with Gasteiger partial charge in [-0.3, -0.25) is 0 Å². The number of hydrogen-bond acceptors (Lipinski definition) is 3. The van der Waals surface area contributed by atoms with Crippen molar-refractivity contribution in [2.75, 3.05) is 32.7 Å². The highest BCUT2D eigenvalue weighted by Crippen LogP contribution is 2.33. The molecule has 7 heteroatoms. The molecule has 35 heavy (non-hydrogen) atoms. The predicted molar refractivity (Wildman–Crippen MR) is 151 cm³/mol. The maximum atomic E-state index is 6.29. The maximum absolute atomic E-state index is 6.29. The van der Waals surface area contributed by atoms with Crippen LogP contribution in [-0.4, -0.2) is 71.5 Å². The van der Waals surface area contributed by atoms with E-state index in [2.05, 4.69) is 35.5 Å². The van der Waals surface area contributed by atoms with Crippen LogP contribution in [0, 0.1) is 23.7 Å². The fourth-order valence-corrected chi connectivity index (χ4v) is 6.30. The van der Waals surface area contributed by atoms with Gasteiger partial charge in [0.2, 0.25) is 0 Å². The molecule has 4 aliphatic rings. The van der Waals surface area contributed by atoms with Crippen molar-refractivity contribution in [3.63, 3.8) is 0 Å². The average molecular weight is 520 g/mol. The van der Waals surface area contributed by atoms with Gasteiger partial charge in [0.15, 0.2) is 0 Å². The minimum Gasteiger partial charge on any atom is -0.412 e. The Morgan fingerprint density at radius 1 is 0.943 bits per heavy atom. The lowest BCUT2D eigenvalue weighted by atomic mass is 9.83. The lowest BCUT2D eigenvalue weighted by molar-refractivity contribution is 0.159. The molecule has 3 aliphatic carbocycles. The summed E-state index contributed by atoms with van der Waals surface area (Å²) >= 11 is 6.29. The molecule has 1 heterocycles. The fourth-order valence-electron chi connectivity index (χ4n) is 6.10. The van der Waals surface area contributed by atoms with E-state index in [1.807, 2.05) is 0 Å². The number of piperidine rings is 1. The average Bonchev–Trinajstić information content (AvgIpc) is 3.61. The van der Waals surface area contributed by atoms with Crippen molar-refractivity contribution in [3.8, 4) is 0 Å². The molecule has 0 aromatic rings. The second-order valence-corrected chi connectivity index (χ2v) is 12.2. The van der Waals surface area contributed by atoms with E-state index in [1.54, 1.807) is 5.57 Å². The van der Waals surface area contributed by atoms with E-state index < -0.39 is 0 Å². The highest BCUT2D eigenvalue weighted by atomic mass is 35.5. The van der Waals surface area contributed by atoms with Crippen LogP contribution in [0.4, 0.5) is 0 Å². The molecule has 2 saturated carbocycles. The van der Waals surface area contributed by atoms with Crippen molar-refractivity contribution >= 4 is 11.6 Å². The Balaban J connectivity index is 0.00000289. The smallest absolute Gasteiger partial charge is 0.0373 e. The molecule has 0 aromatic carbocycles. The van der Waals surface area contributed by atoms with E-state index in [4.69, 9.17) is 11.6 Å². The van der Waals surface area contributed by atoms with Gasteiger partial charge in [-0.2, -0.15) is 0 Å². The Bertz CT molecular complexity index is 580. The SMILES string of the molecule is C.CC(C)[C@H](CN1CCC(C2=CCC(Cl)CC2)CC1)NCC1CCCC(NCC2CC2)C1.O.O.O. The van der Waals surface area contributed by atoms with Crippen LogP contribution < -0.4 is 10.6 Å². The number of halogens is 1. The van der Waals surface area contributed by atoms with Crippen LogP contribution in [0.15, 0.2) is 11.6 Å². The molecule has 3 unspecified atom stereocenters. The van der Waals surface area contributed by atoms with Crippen molar-refractivity contribution in [3.05, 3.63) is 11.6 Å². The third kappa shape index (κ3) is 11.4. The number of allylic oxidation sites excluding steroid dienone is 2. The molecule has 8 N–H and O–H groups in total. The van der Waals surface area contributed by atoms with Gasteiger partial charge in [-0.1, -0.05) is 39.3 Å². The lowest BCUT2D eigenvalue weighted by Gasteiger charge is -2.38. The largest absolute Gasteiger partial charge is 0.412 e. The van der Waals surface area contributed by atoms with Crippen LogP contribution >= 0.6 is 11.6 Å². The van der Waals surface area contributed by atoms with Crippen molar-refractivity contribution in [2.24, 2.45) is 23.7 Å². The van der Waals surface area contributed by atoms with E-state index in [1.165, 1.54) is 96.9 Å². The normalized spacial score (nSPS) is 28.6. The Morgan fingerprint density at radius 3 is 2.26 bits per heavy atom. The minimum absolute atomic E-state index is 0. The summed E-state index contributed by atoms with van der Waals surface area (Å²) in [4.78, 5) is 2.74. The third-order valence-corrected chi connectivity index (χ3v) is 8.99. The first-order valence-electron chi connectivity index (χ1n) is 13.6. The van der Waals surface area contributed by atoms with Gasteiger partial charge in [-0.25, -0.2) is 0 Å². The van der Waals surface area contributed by atoms with E-state index in [-0.39, 0.29) is 23.9 Å². The van der Waals surface area contributed by atoms with Crippen LogP contribution in [0.2, 0.25) is 0 Å². The molecular formula is C28H58ClN3O3. The van der Waals surface area contributed by atoms with Gasteiger partial charge in [0, 0.05) is 24.0 Å². The topological polar surface area (TPSA) is 122 Å². The van der Waals surface area contributed by atoms with Crippen LogP contribution in [0.5, 0.6) is 0 Å². The van der Waals surface area contributed by atoms with Crippen molar-refractivity contribution in [2.45, 2.75) is 109 Å². The summed E-state index contributed by atoms with van der Waals surface area (Å²) in [6, 6.07) is 1.41. The number of alkyl halides is 1. The van der Waals surface area contributed by atoms with E-state index in [0.29, 0.717) is 17.3 Å². The van der Waals surface area contributed by atoms with Gasteiger partial charge < -0.3 is 32.0 Å². The zero-order chi connectivity index (χ0) is 21.6. The van der Waals surface area contributed by atoms with Crippen LogP contribution in [0.25, 0.3) is 0 Å². The summed E-state index contributed by atoms with van der Waals surface area (Å²) in [5, 5.41) is 8.28. The zero-order valence-corrected chi connectivity index (χ0v) is 22.5. The Hall–Kier alpha value is -0.210. The van der Waals surface area contributed by atoms with Gasteiger partial charge in [0.25, 0.3) is 0 Å². The van der Waals surface area contributed by atoms with Gasteiger partial charge in [0.1, 0.15) is 0 Å². The van der Waals surface area contributed by atoms with Crippen molar-refractivity contribution < 1.29 is 16.4 Å². The van der Waals surface area contributed by atoms with E-state index >= 15 is 0 Å². The molecule has 210 valence electrons. The summed E-state index contributed by atoms with van der Waals surface area (Å²) in [6.07, 6.45) is 17.2. The van der Waals surface area contributed by atoms with Gasteiger partial charge in [-0.15, -0.1) is 11.6 Å². The second-order valence-electron chi connectivity index (χ2n) is 11.6. The van der Waals surface area contributed by atoms with E-state index in [0.717, 1.165) is 30.2 Å². The first-order chi connectivity index (χ1) is 15.1. The number of nitrogens with one attached hydrogen (secondary N) is 2. The quantitative estimate of drug-likeness (QED) is 0.337. The number of rotatable bonds is 10. The minimum atomic E-state index is 0. The number of nitrogens with zero attached hydrogens (tertiary/aromatic N) is 1. The molecule has 0 radical (unpaired) electrons. The number of likely N-dealkylation sites (tertiary alicyclic amines) is 1. The molecule has 6 nitrogen and oxygen atoms in total. The molecule has 1 aliphatic heterocycles. The van der Waals surface area contributed by atoms with Gasteiger partial charge >= 0.3 is 0 Å². The van der Waals surface area contributed by atoms with Crippen LogP contribution in [0.1, 0.15) is 91.9 Å². The standard InChI is InChI=1S/C27H48ClN3.CH4.3H2O/c1-20(2)27(30-18-22-4-3-5-26(16-22)29-17-21-6-7-21)19-31-14-12-24(13-15-31)23-8-10-25(28)11-9-23;;;;/h8,20-22,24-27,29-30H,3-7,9-19H2,1-2H3;1H4;3*1H2/t22?,25?,26?,27-;;;;/m0..../s1. The second kappa shape index (κ2) is 17.3. The van der Waals surface area contributed by atoms with Gasteiger partial charge in [0.05, 0.1) is 0 Å². The lowest BCUT2D eigenvalue weighted by Crippen LogP contribution is -2.48. The van der Waals surface area contributed by atoms with Crippen molar-refractivity contribution in [1.82, 2.24) is 15.5 Å². The molecule has 0 amide bonds. The zero-order valence-electron chi connectivity index (χ0n) is 21.8. The summed E-state index contributed by atoms with van der Waals surface area (Å²) in [7, 11) is 0. The molecular weight excluding hydrogens is 462 g/mol. The van der Waals surface area contributed by atoms with Crippen LogP contribution in [-0.2, 0) is 0 Å². The molecule has 4 rings (SSSR count). The van der Waals surface area contributed by atoms with Crippen LogP contribution in [0.3, 0.4) is 0 Å². The highest BCUT2D eigenvalue weighted by Gasteiger charge is 2.28. The summed E-state index contributed by atoms with van der Waals surface area (Å²) in [5.74, 6) is 3.39. The molecule has 1 saturated heterocycles. The Kier molecular flexibility index (Phi) is 17.2. The predicted octanol–water partition coefficient (Wildman–Crippen LogP) is 3.75. The first-order valence-corrected chi connectivity index (χ1v) is 14.0. The molecule has 4 atom stereocenters. The summed E-state index contributed by atoms with van der Waals surface area (Å²) in [5.41, 5.74) is 1.72. The summed E-state index contributed by atoms with van der Waals surface area (Å²) in [6.45, 7) is 11.1. The first kappa shape index (κ1) is 34.8. The Labute approximate surface area is 220 Å². The molecule has 0 bridgehead atoms. The third-order valence-electron chi connectivity index (χ3n) is 8.60. The van der Waals surface area contributed by atoms with E-state index in [9.17, 15) is 0 Å². The Morgan fingerprint density at radius 2 is 1.66 bits per heavy atom. The highest BCUT2D eigenvalue weighted by molar-refractivity contribution is 6.20. The fraction of sp³-hybridized carbons (Fsp3) is 0.929. The molecule has 0 aromatic heterocycles. The summed E-state index contributed by atoms with van der Waals surface area (Å²) < 4.78 is 0. The molecule has 0 spiro atoms. The number of hydrogen-bond donors (Lipinski definition) is 2. The monoisotopic (exact) mass is 519 g/mol. The molecule has 3 fully saturated rings. The van der Waals surface area contributed by atoms with Gasteiger partial charge in [-0.05, 0) is 114 Å².